The fraction of sp³-hybridized carbons (Fsp3) is 0.250. The summed E-state index contributed by atoms with van der Waals surface area (Å²) in [6.45, 7) is 0. The summed E-state index contributed by atoms with van der Waals surface area (Å²) in [5, 5.41) is 17.4. The van der Waals surface area contributed by atoms with E-state index in [1.807, 2.05) is 24.4 Å². The molecule has 4 aromatic rings. The molecule has 0 bridgehead atoms. The predicted octanol–water partition coefficient (Wildman–Crippen LogP) is 3.84. The zero-order valence-electron chi connectivity index (χ0n) is 14.9. The summed E-state index contributed by atoms with van der Waals surface area (Å²) in [5.74, 6) is 1.76. The minimum Gasteiger partial charge on any atom is -0.381 e. The third kappa shape index (κ3) is 2.96. The van der Waals surface area contributed by atoms with Gasteiger partial charge >= 0.3 is 0 Å². The van der Waals surface area contributed by atoms with Gasteiger partial charge in [-0.1, -0.05) is 0 Å². The van der Waals surface area contributed by atoms with Gasteiger partial charge in [0.1, 0.15) is 11.6 Å². The number of hydrogen-bond acceptors (Lipinski definition) is 6. The van der Waals surface area contributed by atoms with Crippen LogP contribution in [0.1, 0.15) is 12.8 Å². The van der Waals surface area contributed by atoms with Gasteiger partial charge in [0.25, 0.3) is 0 Å². The van der Waals surface area contributed by atoms with E-state index in [1.165, 1.54) is 0 Å². The number of benzene rings is 1. The van der Waals surface area contributed by atoms with E-state index in [2.05, 4.69) is 49.0 Å². The Balaban J connectivity index is 1.41. The number of nitrogens with one attached hydrogen (secondary N) is 3. The minimum atomic E-state index is 0.368. The number of aromatic nitrogens is 4. The maximum atomic E-state index is 5.36. The fourth-order valence-electron chi connectivity index (χ4n) is 3.53. The van der Waals surface area contributed by atoms with Crippen molar-refractivity contribution in [3.05, 3.63) is 48.8 Å². The number of hydrogen-bond donors (Lipinski definition) is 3. The number of nitrogens with zero attached hydrogens (tertiary/aromatic N) is 3. The maximum Gasteiger partial charge on any atom is 0.183 e. The van der Waals surface area contributed by atoms with E-state index in [4.69, 9.17) is 4.74 Å². The van der Waals surface area contributed by atoms with Gasteiger partial charge in [-0.05, 0) is 54.6 Å². The molecular weight excluding hydrogens is 340 g/mol. The van der Waals surface area contributed by atoms with Crippen molar-refractivity contribution in [3.63, 3.8) is 0 Å². The van der Waals surface area contributed by atoms with E-state index in [0.29, 0.717) is 17.8 Å². The third-order valence-electron chi connectivity index (χ3n) is 5.13. The molecule has 7 heteroatoms. The van der Waals surface area contributed by atoms with Crippen LogP contribution < -0.4 is 10.6 Å². The molecule has 7 nitrogen and oxygen atoms in total. The number of ether oxygens (including phenoxy) is 1. The molecule has 1 saturated carbocycles. The second-order valence-corrected chi connectivity index (χ2v) is 6.86. The molecule has 0 radical (unpaired) electrons. The van der Waals surface area contributed by atoms with Crippen molar-refractivity contribution in [3.8, 4) is 0 Å². The van der Waals surface area contributed by atoms with Crippen LogP contribution in [0.25, 0.3) is 21.8 Å². The largest absolute Gasteiger partial charge is 0.381 e. The van der Waals surface area contributed by atoms with Gasteiger partial charge in [0.05, 0.1) is 11.5 Å². The Bertz CT molecular complexity index is 1100. The van der Waals surface area contributed by atoms with Gasteiger partial charge in [0, 0.05) is 36.6 Å². The van der Waals surface area contributed by atoms with Crippen molar-refractivity contribution in [1.29, 1.82) is 0 Å². The molecular formula is C20H20N6O. The maximum absolute atomic E-state index is 5.36. The van der Waals surface area contributed by atoms with E-state index in [-0.39, 0.29) is 0 Å². The first kappa shape index (κ1) is 16.0. The van der Waals surface area contributed by atoms with E-state index in [0.717, 1.165) is 46.3 Å². The van der Waals surface area contributed by atoms with Gasteiger partial charge in [-0.3, -0.25) is 5.10 Å². The summed E-state index contributed by atoms with van der Waals surface area (Å²) in [6, 6.07) is 12.6. The monoisotopic (exact) mass is 360 g/mol. The van der Waals surface area contributed by atoms with Crippen LogP contribution in [0, 0.1) is 0 Å². The standard InChI is InChI=1S/C20H20N6O/c1-27-15-10-14(11-15)24-18-16-5-4-13(9-12(16)6-8-22-18)23-20-17-3-2-7-21-19(17)25-26-20/h2-9,14-15H,10-11H2,1H3,(H,22,24)(H2,21,23,25,26). The van der Waals surface area contributed by atoms with E-state index in [9.17, 15) is 0 Å². The van der Waals surface area contributed by atoms with E-state index >= 15 is 0 Å². The van der Waals surface area contributed by atoms with Crippen LogP contribution in [0.15, 0.2) is 48.8 Å². The molecule has 0 unspecified atom stereocenters. The lowest BCUT2D eigenvalue weighted by Gasteiger charge is -2.35. The predicted molar refractivity (Wildman–Crippen MR) is 106 cm³/mol. The minimum absolute atomic E-state index is 0.368. The number of H-pyrrole nitrogens is 1. The molecule has 0 spiro atoms. The number of pyridine rings is 2. The summed E-state index contributed by atoms with van der Waals surface area (Å²) in [6.07, 6.45) is 5.99. The first-order valence-electron chi connectivity index (χ1n) is 9.04. The molecule has 5 rings (SSSR count). The summed E-state index contributed by atoms with van der Waals surface area (Å²) in [7, 11) is 1.77. The molecule has 0 aliphatic heterocycles. The molecule has 136 valence electrons. The van der Waals surface area contributed by atoms with Crippen molar-refractivity contribution < 1.29 is 4.74 Å². The van der Waals surface area contributed by atoms with Crippen molar-refractivity contribution >= 4 is 39.1 Å². The second kappa shape index (κ2) is 6.51. The van der Waals surface area contributed by atoms with E-state index < -0.39 is 0 Å². The van der Waals surface area contributed by atoms with Crippen LogP contribution >= 0.6 is 0 Å². The summed E-state index contributed by atoms with van der Waals surface area (Å²) >= 11 is 0. The van der Waals surface area contributed by atoms with Crippen molar-refractivity contribution in [2.75, 3.05) is 17.7 Å². The molecule has 1 fully saturated rings. The first-order valence-corrected chi connectivity index (χ1v) is 9.04. The topological polar surface area (TPSA) is 87.8 Å². The van der Waals surface area contributed by atoms with Crippen LogP contribution in [0.3, 0.4) is 0 Å². The summed E-state index contributed by atoms with van der Waals surface area (Å²) < 4.78 is 5.36. The Kier molecular flexibility index (Phi) is 3.86. The van der Waals surface area contributed by atoms with Crippen LogP contribution in [0.2, 0.25) is 0 Å². The zero-order chi connectivity index (χ0) is 18.2. The van der Waals surface area contributed by atoms with Crippen molar-refractivity contribution in [1.82, 2.24) is 20.2 Å². The molecule has 3 aromatic heterocycles. The van der Waals surface area contributed by atoms with Crippen LogP contribution in [0.4, 0.5) is 17.3 Å². The van der Waals surface area contributed by atoms with Crippen LogP contribution in [0.5, 0.6) is 0 Å². The highest BCUT2D eigenvalue weighted by Gasteiger charge is 2.29. The Morgan fingerprint density at radius 1 is 1.07 bits per heavy atom. The number of aromatic amines is 1. The SMILES string of the molecule is COC1CC(Nc2nccc3cc(Nc4[nH]nc5ncccc45)ccc23)C1. The number of anilines is 3. The highest BCUT2D eigenvalue weighted by Crippen LogP contribution is 2.31. The number of methoxy groups -OCH3 is 1. The number of fused-ring (bicyclic) bond motifs is 2. The van der Waals surface area contributed by atoms with Crippen LogP contribution in [-0.2, 0) is 4.74 Å². The fourth-order valence-corrected chi connectivity index (χ4v) is 3.53. The smallest absolute Gasteiger partial charge is 0.183 e. The Hall–Kier alpha value is -3.19. The zero-order valence-corrected chi connectivity index (χ0v) is 14.9. The Morgan fingerprint density at radius 2 is 2.00 bits per heavy atom. The highest BCUT2D eigenvalue weighted by molar-refractivity contribution is 5.95. The Labute approximate surface area is 156 Å². The van der Waals surface area contributed by atoms with Gasteiger partial charge in [-0.2, -0.15) is 5.10 Å². The van der Waals surface area contributed by atoms with E-state index in [1.54, 1.807) is 13.3 Å². The molecule has 27 heavy (non-hydrogen) atoms. The average Bonchev–Trinajstić information content (AvgIpc) is 3.07. The van der Waals surface area contributed by atoms with Gasteiger partial charge in [0.2, 0.25) is 0 Å². The lowest BCUT2D eigenvalue weighted by Crippen LogP contribution is -2.40. The molecule has 1 aliphatic rings. The summed E-state index contributed by atoms with van der Waals surface area (Å²) in [4.78, 5) is 8.78. The van der Waals surface area contributed by atoms with Crippen molar-refractivity contribution in [2.24, 2.45) is 0 Å². The average molecular weight is 360 g/mol. The molecule has 3 heterocycles. The van der Waals surface area contributed by atoms with Gasteiger partial charge in [-0.15, -0.1) is 0 Å². The second-order valence-electron chi connectivity index (χ2n) is 6.86. The number of rotatable bonds is 5. The lowest BCUT2D eigenvalue weighted by molar-refractivity contribution is 0.0328. The Morgan fingerprint density at radius 3 is 2.89 bits per heavy atom. The quantitative estimate of drug-likeness (QED) is 0.501. The normalized spacial score (nSPS) is 19.1. The summed E-state index contributed by atoms with van der Waals surface area (Å²) in [5.41, 5.74) is 1.68. The molecule has 3 N–H and O–H groups in total. The highest BCUT2D eigenvalue weighted by atomic mass is 16.5. The van der Waals surface area contributed by atoms with Crippen molar-refractivity contribution in [2.45, 2.75) is 25.0 Å². The molecule has 1 aliphatic carbocycles. The molecule has 0 atom stereocenters. The molecule has 1 aromatic carbocycles. The van der Waals surface area contributed by atoms with Gasteiger partial charge in [-0.25, -0.2) is 9.97 Å². The van der Waals surface area contributed by atoms with Gasteiger partial charge in [0.15, 0.2) is 5.65 Å². The van der Waals surface area contributed by atoms with Gasteiger partial charge < -0.3 is 15.4 Å². The lowest BCUT2D eigenvalue weighted by atomic mass is 9.89. The molecule has 0 saturated heterocycles. The molecule has 0 amide bonds. The van der Waals surface area contributed by atoms with Crippen LogP contribution in [-0.4, -0.2) is 39.4 Å². The third-order valence-corrected chi connectivity index (χ3v) is 5.13. The first-order chi connectivity index (χ1) is 13.3.